The molecule has 0 saturated carbocycles. The molecule has 2 aliphatic heterocycles. The average molecular weight is 1310 g/mol. The highest BCUT2D eigenvalue weighted by Gasteiger charge is 2.51. The van der Waals surface area contributed by atoms with Crippen LogP contribution in [0.1, 0.15) is 303 Å². The van der Waals surface area contributed by atoms with Crippen molar-refractivity contribution in [2.24, 2.45) is 0 Å². The van der Waals surface area contributed by atoms with E-state index in [1.165, 1.54) is 180 Å². The van der Waals surface area contributed by atoms with Crippen molar-refractivity contribution in [1.82, 2.24) is 5.32 Å². The van der Waals surface area contributed by atoms with Crippen molar-refractivity contribution < 1.29 is 64.6 Å². The third-order valence-corrected chi connectivity index (χ3v) is 18.1. The molecule has 93 heavy (non-hydrogen) atoms. The topological polar surface area (TPSA) is 228 Å². The summed E-state index contributed by atoms with van der Waals surface area (Å²) in [6.07, 6.45) is 71.5. The molecular formula is C79H139NO13. The van der Waals surface area contributed by atoms with Crippen LogP contribution in [-0.2, 0) is 23.7 Å². The summed E-state index contributed by atoms with van der Waals surface area (Å²) in [6.45, 7) is 2.75. The first kappa shape index (κ1) is 86.0. The maximum atomic E-state index is 13.4. The largest absolute Gasteiger partial charge is 0.394 e. The van der Waals surface area contributed by atoms with E-state index >= 15 is 0 Å². The lowest BCUT2D eigenvalue weighted by molar-refractivity contribution is -0.359. The summed E-state index contributed by atoms with van der Waals surface area (Å²) in [5.41, 5.74) is 0. The number of allylic oxidation sites excluding steroid dienone is 16. The van der Waals surface area contributed by atoms with Crippen molar-refractivity contribution >= 4 is 5.91 Å². The van der Waals surface area contributed by atoms with Gasteiger partial charge in [0.15, 0.2) is 12.6 Å². The maximum absolute atomic E-state index is 13.4. The molecule has 14 nitrogen and oxygen atoms in total. The standard InChI is InChI=1S/C79H139NO13/c1-3-5-7-9-11-13-15-17-19-21-23-25-27-29-31-32-33-34-35-37-38-40-42-44-46-48-50-52-54-56-58-60-62-68(83)67(66-90-78-76(89)74(87)77(70(65-82)92-78)93-79-75(88)73(86)72(85)69(64-81)91-79)80-71(84)63-61-59-57-55-53-51-49-47-45-43-41-39-36-30-28-26-24-22-20-18-16-14-12-10-8-6-4-2/h6,8,12,14,18,20,24,26,30,36,41,43,47,49,53,55,67-70,72-79,81-83,85-89H,3-5,7,9-11,13,15-17,19,21-23,25,27-29,31-35,37-40,42,44-46,48,50-52,54,56-66H2,1-2H3,(H,80,84)/b8-6-,14-12-,20-18-,26-24-,36-30-,43-41-,49-47-,55-53-. The summed E-state index contributed by atoms with van der Waals surface area (Å²) in [5, 5.41) is 87.7. The number of carbonyl (C=O) groups excluding carboxylic acids is 1. The highest BCUT2D eigenvalue weighted by atomic mass is 16.7. The van der Waals surface area contributed by atoms with Gasteiger partial charge in [-0.3, -0.25) is 4.79 Å². The SMILES string of the molecule is CC/C=C\C/C=C\C/C=C\C/C=C\C/C=C\C/C=C\C/C=C\C/C=C\CCCCC(=O)NC(COC1OC(CO)C(OC2OC(CO)C(O)C(O)C2O)C(O)C1O)C(O)CCCCCCCCCCCCCCCCCCCCCCCCCCCCCCCCCC. The van der Waals surface area contributed by atoms with Gasteiger partial charge in [0, 0.05) is 6.42 Å². The van der Waals surface area contributed by atoms with Gasteiger partial charge in [-0.25, -0.2) is 0 Å². The number of hydrogen-bond donors (Lipinski definition) is 9. The van der Waals surface area contributed by atoms with Crippen LogP contribution in [0.4, 0.5) is 0 Å². The Morgan fingerprint density at radius 3 is 1.12 bits per heavy atom. The fraction of sp³-hybridized carbons (Fsp3) is 0.785. The van der Waals surface area contributed by atoms with Crippen LogP contribution in [-0.4, -0.2) is 140 Å². The van der Waals surface area contributed by atoms with Gasteiger partial charge >= 0.3 is 0 Å². The van der Waals surface area contributed by atoms with Crippen molar-refractivity contribution in [3.05, 3.63) is 97.2 Å². The second kappa shape index (κ2) is 62.4. The molecule has 2 heterocycles. The molecule has 0 aliphatic carbocycles. The molecule has 2 aliphatic rings. The number of nitrogens with one attached hydrogen (secondary N) is 1. The highest BCUT2D eigenvalue weighted by Crippen LogP contribution is 2.30. The molecule has 0 aromatic rings. The summed E-state index contributed by atoms with van der Waals surface area (Å²) in [4.78, 5) is 13.4. The highest BCUT2D eigenvalue weighted by molar-refractivity contribution is 5.76. The Morgan fingerprint density at radius 2 is 0.742 bits per heavy atom. The normalized spacial score (nSPS) is 23.1. The third-order valence-electron chi connectivity index (χ3n) is 18.1. The number of unbranched alkanes of at least 4 members (excludes halogenated alkanes) is 33. The molecule has 14 heteroatoms. The van der Waals surface area contributed by atoms with Crippen molar-refractivity contribution in [1.29, 1.82) is 0 Å². The molecule has 0 spiro atoms. The zero-order chi connectivity index (χ0) is 67.3. The minimum atomic E-state index is -1.79. The number of aliphatic hydroxyl groups excluding tert-OH is 8. The monoisotopic (exact) mass is 1310 g/mol. The van der Waals surface area contributed by atoms with Gasteiger partial charge in [-0.2, -0.15) is 0 Å². The van der Waals surface area contributed by atoms with Gasteiger partial charge in [0.25, 0.3) is 0 Å². The van der Waals surface area contributed by atoms with Gasteiger partial charge in [-0.1, -0.05) is 317 Å². The zero-order valence-electron chi connectivity index (χ0n) is 58.7. The van der Waals surface area contributed by atoms with E-state index in [1.54, 1.807) is 0 Å². The lowest BCUT2D eigenvalue weighted by atomic mass is 9.97. The average Bonchev–Trinajstić information content (AvgIpc) is 0.854. The van der Waals surface area contributed by atoms with Crippen LogP contribution in [0.5, 0.6) is 0 Å². The second-order valence-electron chi connectivity index (χ2n) is 26.4. The van der Waals surface area contributed by atoms with Gasteiger partial charge in [0.2, 0.25) is 5.91 Å². The molecule has 538 valence electrons. The number of rotatable bonds is 62. The Morgan fingerprint density at radius 1 is 0.398 bits per heavy atom. The van der Waals surface area contributed by atoms with Gasteiger partial charge in [0.1, 0.15) is 48.8 Å². The van der Waals surface area contributed by atoms with E-state index in [1.807, 2.05) is 0 Å². The van der Waals surface area contributed by atoms with Crippen molar-refractivity contribution in [3.8, 4) is 0 Å². The molecular weight excluding hydrogens is 1170 g/mol. The minimum absolute atomic E-state index is 0.243. The smallest absolute Gasteiger partial charge is 0.220 e. The Hall–Kier alpha value is -3.09. The maximum Gasteiger partial charge on any atom is 0.220 e. The lowest BCUT2D eigenvalue weighted by Gasteiger charge is -2.46. The van der Waals surface area contributed by atoms with Crippen LogP contribution in [0, 0.1) is 0 Å². The van der Waals surface area contributed by atoms with Crippen LogP contribution in [0.15, 0.2) is 97.2 Å². The predicted octanol–water partition coefficient (Wildman–Crippen LogP) is 16.5. The van der Waals surface area contributed by atoms with Gasteiger partial charge in [-0.05, 0) is 77.0 Å². The molecule has 0 aromatic heterocycles. The van der Waals surface area contributed by atoms with Crippen molar-refractivity contribution in [2.45, 2.75) is 376 Å². The zero-order valence-corrected chi connectivity index (χ0v) is 58.7. The Kier molecular flexibility index (Phi) is 57.7. The fourth-order valence-electron chi connectivity index (χ4n) is 12.1. The van der Waals surface area contributed by atoms with E-state index in [4.69, 9.17) is 18.9 Å². The number of aliphatic hydroxyl groups is 8. The van der Waals surface area contributed by atoms with Gasteiger partial charge < -0.3 is 65.1 Å². The molecule has 0 bridgehead atoms. The van der Waals surface area contributed by atoms with E-state index in [2.05, 4.69) is 116 Å². The van der Waals surface area contributed by atoms with Crippen LogP contribution in [0.25, 0.3) is 0 Å². The summed E-state index contributed by atoms with van der Waals surface area (Å²) >= 11 is 0. The first-order valence-electron chi connectivity index (χ1n) is 38.0. The predicted molar refractivity (Wildman–Crippen MR) is 383 cm³/mol. The summed E-state index contributed by atoms with van der Waals surface area (Å²) in [6, 6.07) is -0.862. The van der Waals surface area contributed by atoms with Crippen LogP contribution >= 0.6 is 0 Å². The van der Waals surface area contributed by atoms with Crippen LogP contribution in [0.2, 0.25) is 0 Å². The Labute approximate surface area is 566 Å². The number of hydrogen-bond acceptors (Lipinski definition) is 13. The minimum Gasteiger partial charge on any atom is -0.394 e. The molecule has 0 aromatic carbocycles. The molecule has 2 saturated heterocycles. The van der Waals surface area contributed by atoms with Gasteiger partial charge in [0.05, 0.1) is 32.0 Å². The van der Waals surface area contributed by atoms with E-state index in [9.17, 15) is 45.6 Å². The van der Waals surface area contributed by atoms with Gasteiger partial charge in [-0.15, -0.1) is 0 Å². The number of ether oxygens (including phenoxy) is 4. The van der Waals surface area contributed by atoms with E-state index in [-0.39, 0.29) is 18.9 Å². The Bertz CT molecular complexity index is 1930. The van der Waals surface area contributed by atoms with E-state index < -0.39 is 86.8 Å². The second-order valence-corrected chi connectivity index (χ2v) is 26.4. The lowest BCUT2D eigenvalue weighted by Crippen LogP contribution is -2.65. The first-order chi connectivity index (χ1) is 45.6. The van der Waals surface area contributed by atoms with E-state index in [0.717, 1.165) is 89.9 Å². The molecule has 12 atom stereocenters. The fourth-order valence-corrected chi connectivity index (χ4v) is 12.1. The first-order valence-corrected chi connectivity index (χ1v) is 38.0. The van der Waals surface area contributed by atoms with Crippen LogP contribution < -0.4 is 5.32 Å². The summed E-state index contributed by atoms with van der Waals surface area (Å²) < 4.78 is 22.9. The van der Waals surface area contributed by atoms with Crippen molar-refractivity contribution in [2.75, 3.05) is 19.8 Å². The van der Waals surface area contributed by atoms with Crippen LogP contribution in [0.3, 0.4) is 0 Å². The molecule has 2 fully saturated rings. The molecule has 9 N–H and O–H groups in total. The van der Waals surface area contributed by atoms with E-state index in [0.29, 0.717) is 12.8 Å². The molecule has 0 radical (unpaired) electrons. The molecule has 2 rings (SSSR count). The molecule has 1 amide bonds. The Balaban J connectivity index is 1.66. The van der Waals surface area contributed by atoms with Crippen molar-refractivity contribution in [3.63, 3.8) is 0 Å². The molecule has 12 unspecified atom stereocenters. The number of carbonyl (C=O) groups is 1. The quantitative estimate of drug-likeness (QED) is 0.0204. The summed E-state index contributed by atoms with van der Waals surface area (Å²) in [7, 11) is 0. The third kappa shape index (κ3) is 45.9. The summed E-state index contributed by atoms with van der Waals surface area (Å²) in [5.74, 6) is -0.249. The number of amides is 1.